The summed E-state index contributed by atoms with van der Waals surface area (Å²) >= 11 is 0. The molecule has 0 aliphatic heterocycles. The summed E-state index contributed by atoms with van der Waals surface area (Å²) in [6, 6.07) is 20.1. The molecule has 4 rings (SSSR count). The van der Waals surface area contributed by atoms with Crippen molar-refractivity contribution in [2.75, 3.05) is 0 Å². The van der Waals surface area contributed by atoms with Crippen LogP contribution in [0.1, 0.15) is 63.6 Å². The fourth-order valence-electron chi connectivity index (χ4n) is 6.17. The number of fused-ring (bicyclic) bond motifs is 2. The number of benzene rings is 2. The third kappa shape index (κ3) is 2.34. The Balaban J connectivity index is 1.63. The van der Waals surface area contributed by atoms with Crippen molar-refractivity contribution in [3.8, 4) is 0 Å². The third-order valence-corrected chi connectivity index (χ3v) is 6.86. The molecule has 0 radical (unpaired) electrons. The highest BCUT2D eigenvalue weighted by atomic mass is 14.7. The van der Waals surface area contributed by atoms with Crippen molar-refractivity contribution >= 4 is 5.57 Å². The maximum atomic E-state index is 2.66. The van der Waals surface area contributed by atoms with Crippen molar-refractivity contribution in [3.05, 3.63) is 77.4 Å². The van der Waals surface area contributed by atoms with Gasteiger partial charge in [0.1, 0.15) is 0 Å². The standard InChI is InChI=1S/C25H30/c1-23(2)18-24(3,4)25(23)17-20(21-15-8-9-16-22(21)25)14-10-13-19-11-6-5-7-12-19/h5-9,11-12,15-17H,10,13-14,18H2,1-4H3. The summed E-state index contributed by atoms with van der Waals surface area (Å²) in [5.41, 5.74) is 7.00. The molecule has 1 saturated carbocycles. The average Bonchev–Trinajstić information content (AvgIpc) is 2.93. The first kappa shape index (κ1) is 16.6. The van der Waals surface area contributed by atoms with E-state index >= 15 is 0 Å². The van der Waals surface area contributed by atoms with Crippen LogP contribution in [-0.2, 0) is 11.8 Å². The van der Waals surface area contributed by atoms with Crippen LogP contribution < -0.4 is 0 Å². The van der Waals surface area contributed by atoms with Gasteiger partial charge in [0.2, 0.25) is 0 Å². The Morgan fingerprint density at radius 1 is 0.760 bits per heavy atom. The van der Waals surface area contributed by atoms with E-state index in [2.05, 4.69) is 88.4 Å². The van der Waals surface area contributed by atoms with Crippen LogP contribution in [0.25, 0.3) is 5.57 Å². The van der Waals surface area contributed by atoms with E-state index in [1.165, 1.54) is 36.8 Å². The van der Waals surface area contributed by atoms with Gasteiger partial charge in [0.05, 0.1) is 0 Å². The van der Waals surface area contributed by atoms with Crippen LogP contribution >= 0.6 is 0 Å². The lowest BCUT2D eigenvalue weighted by Gasteiger charge is -2.66. The van der Waals surface area contributed by atoms with Crippen molar-refractivity contribution < 1.29 is 0 Å². The minimum absolute atomic E-state index is 0.207. The predicted molar refractivity (Wildman–Crippen MR) is 108 cm³/mol. The van der Waals surface area contributed by atoms with E-state index in [1.807, 2.05) is 0 Å². The first-order valence-corrected chi connectivity index (χ1v) is 9.73. The van der Waals surface area contributed by atoms with Gasteiger partial charge in [-0.05, 0) is 58.8 Å². The van der Waals surface area contributed by atoms with Gasteiger partial charge in [0, 0.05) is 5.41 Å². The molecule has 0 unspecified atom stereocenters. The van der Waals surface area contributed by atoms with Crippen LogP contribution in [-0.4, -0.2) is 0 Å². The fraction of sp³-hybridized carbons (Fsp3) is 0.440. The summed E-state index contributed by atoms with van der Waals surface area (Å²) in [7, 11) is 0. The molecular weight excluding hydrogens is 300 g/mol. The molecule has 1 fully saturated rings. The molecule has 1 spiro atoms. The molecule has 0 amide bonds. The first-order chi connectivity index (χ1) is 11.9. The number of rotatable bonds is 4. The maximum Gasteiger partial charge on any atom is 0.0246 e. The zero-order chi connectivity index (χ0) is 17.7. The van der Waals surface area contributed by atoms with E-state index in [9.17, 15) is 0 Å². The molecule has 0 atom stereocenters. The Labute approximate surface area is 153 Å². The van der Waals surface area contributed by atoms with Crippen LogP contribution in [0.4, 0.5) is 0 Å². The van der Waals surface area contributed by atoms with Crippen molar-refractivity contribution in [1.82, 2.24) is 0 Å². The largest absolute Gasteiger partial charge is 0.0690 e. The second kappa shape index (κ2) is 5.59. The van der Waals surface area contributed by atoms with Crippen molar-refractivity contribution in [3.63, 3.8) is 0 Å². The zero-order valence-corrected chi connectivity index (χ0v) is 16.1. The molecule has 2 aromatic rings. The lowest BCUT2D eigenvalue weighted by atomic mass is 9.37. The fourth-order valence-corrected chi connectivity index (χ4v) is 6.17. The molecule has 0 nitrogen and oxygen atoms in total. The predicted octanol–water partition coefficient (Wildman–Crippen LogP) is 6.80. The molecule has 130 valence electrons. The molecule has 2 aromatic carbocycles. The monoisotopic (exact) mass is 330 g/mol. The molecular formula is C25H30. The van der Waals surface area contributed by atoms with Crippen LogP contribution in [0.15, 0.2) is 60.7 Å². The highest BCUT2D eigenvalue weighted by molar-refractivity contribution is 5.78. The van der Waals surface area contributed by atoms with E-state index in [0.717, 1.165) is 0 Å². The molecule has 0 bridgehead atoms. The SMILES string of the molecule is CC1(C)CC(C)(C)C12C=C(CCCc1ccccc1)c1ccccc12. The van der Waals surface area contributed by atoms with Gasteiger partial charge in [-0.25, -0.2) is 0 Å². The topological polar surface area (TPSA) is 0 Å². The van der Waals surface area contributed by atoms with E-state index in [1.54, 1.807) is 11.1 Å². The first-order valence-electron chi connectivity index (χ1n) is 9.73. The number of hydrogen-bond donors (Lipinski definition) is 0. The van der Waals surface area contributed by atoms with Crippen LogP contribution in [0, 0.1) is 10.8 Å². The lowest BCUT2D eigenvalue weighted by molar-refractivity contribution is -0.0814. The summed E-state index contributed by atoms with van der Waals surface area (Å²) in [4.78, 5) is 0. The van der Waals surface area contributed by atoms with E-state index in [-0.39, 0.29) is 5.41 Å². The summed E-state index contributed by atoms with van der Waals surface area (Å²) in [5.74, 6) is 0. The van der Waals surface area contributed by atoms with Gasteiger partial charge in [-0.2, -0.15) is 0 Å². The summed E-state index contributed by atoms with van der Waals surface area (Å²) in [6.07, 6.45) is 7.52. The van der Waals surface area contributed by atoms with Gasteiger partial charge >= 0.3 is 0 Å². The number of allylic oxidation sites excluding steroid dienone is 2. The smallest absolute Gasteiger partial charge is 0.0246 e. The highest BCUT2D eigenvalue weighted by Gasteiger charge is 2.66. The summed E-state index contributed by atoms with van der Waals surface area (Å²) < 4.78 is 0. The molecule has 25 heavy (non-hydrogen) atoms. The average molecular weight is 331 g/mol. The van der Waals surface area contributed by atoms with E-state index < -0.39 is 0 Å². The lowest BCUT2D eigenvalue weighted by Crippen LogP contribution is -2.62. The molecule has 0 N–H and O–H groups in total. The molecule has 2 aliphatic rings. The van der Waals surface area contributed by atoms with Gasteiger partial charge in [0.25, 0.3) is 0 Å². The van der Waals surface area contributed by atoms with Gasteiger partial charge in [-0.15, -0.1) is 0 Å². The minimum Gasteiger partial charge on any atom is -0.0690 e. The molecule has 0 heteroatoms. The second-order valence-electron chi connectivity index (χ2n) is 9.31. The van der Waals surface area contributed by atoms with E-state index in [4.69, 9.17) is 0 Å². The Kier molecular flexibility index (Phi) is 3.72. The minimum atomic E-state index is 0.207. The maximum absolute atomic E-state index is 2.66. The van der Waals surface area contributed by atoms with Crippen LogP contribution in [0.5, 0.6) is 0 Å². The molecule has 0 heterocycles. The van der Waals surface area contributed by atoms with Crippen molar-refractivity contribution in [2.45, 2.75) is 58.8 Å². The molecule has 2 aliphatic carbocycles. The van der Waals surface area contributed by atoms with Gasteiger partial charge in [-0.3, -0.25) is 0 Å². The van der Waals surface area contributed by atoms with Gasteiger partial charge in [-0.1, -0.05) is 88.4 Å². The Bertz CT molecular complexity index is 791. The Morgan fingerprint density at radius 2 is 1.40 bits per heavy atom. The highest BCUT2D eigenvalue weighted by Crippen LogP contribution is 2.72. The molecule has 0 saturated heterocycles. The zero-order valence-electron chi connectivity index (χ0n) is 16.1. The van der Waals surface area contributed by atoms with Crippen LogP contribution in [0.2, 0.25) is 0 Å². The number of hydrogen-bond acceptors (Lipinski definition) is 0. The normalized spacial score (nSPS) is 21.5. The van der Waals surface area contributed by atoms with Gasteiger partial charge in [0.15, 0.2) is 0 Å². The van der Waals surface area contributed by atoms with E-state index in [0.29, 0.717) is 10.8 Å². The Hall–Kier alpha value is -1.82. The summed E-state index contributed by atoms with van der Waals surface area (Å²) in [5, 5.41) is 0. The number of aryl methyl sites for hydroxylation is 1. The van der Waals surface area contributed by atoms with Crippen molar-refractivity contribution in [1.29, 1.82) is 0 Å². The van der Waals surface area contributed by atoms with Gasteiger partial charge < -0.3 is 0 Å². The third-order valence-electron chi connectivity index (χ3n) is 6.86. The molecule has 0 aromatic heterocycles. The van der Waals surface area contributed by atoms with Crippen molar-refractivity contribution in [2.24, 2.45) is 10.8 Å². The summed E-state index contributed by atoms with van der Waals surface area (Å²) in [6.45, 7) is 9.83. The Morgan fingerprint density at radius 3 is 2.08 bits per heavy atom. The van der Waals surface area contributed by atoms with Crippen LogP contribution in [0.3, 0.4) is 0 Å². The quantitative estimate of drug-likeness (QED) is 0.578. The second-order valence-corrected chi connectivity index (χ2v) is 9.31.